The highest BCUT2D eigenvalue weighted by Gasteiger charge is 2.32. The molecule has 0 bridgehead atoms. The van der Waals surface area contributed by atoms with Gasteiger partial charge in [0, 0.05) is 5.57 Å². The fourth-order valence-corrected chi connectivity index (χ4v) is 1.06. The summed E-state index contributed by atoms with van der Waals surface area (Å²) in [5.41, 5.74) is -0.807. The van der Waals surface area contributed by atoms with Crippen LogP contribution in [0.2, 0.25) is 0 Å². The van der Waals surface area contributed by atoms with Crippen molar-refractivity contribution in [2.45, 2.75) is 46.7 Å². The average Bonchev–Trinajstić information content (AvgIpc) is 2.02. The van der Waals surface area contributed by atoms with Crippen LogP contribution in [0.1, 0.15) is 40.5 Å². The minimum Gasteiger partial charge on any atom is -0.167 e. The van der Waals surface area contributed by atoms with Gasteiger partial charge in [-0.05, 0) is 25.2 Å². The van der Waals surface area contributed by atoms with E-state index in [-0.39, 0.29) is 5.41 Å². The van der Waals surface area contributed by atoms with E-state index in [1.165, 1.54) is 6.08 Å². The molecule has 0 radical (unpaired) electrons. The summed E-state index contributed by atoms with van der Waals surface area (Å²) < 4.78 is 36.6. The van der Waals surface area contributed by atoms with E-state index in [4.69, 9.17) is 0 Å². The van der Waals surface area contributed by atoms with Crippen LogP contribution in [0, 0.1) is 5.41 Å². The molecule has 0 unspecified atom stereocenters. The number of halogens is 3. The Morgan fingerprint density at radius 2 is 1.54 bits per heavy atom. The zero-order chi connectivity index (χ0) is 10.7. The van der Waals surface area contributed by atoms with Gasteiger partial charge in [-0.15, -0.1) is 0 Å². The molecule has 0 atom stereocenters. The molecule has 0 aromatic heterocycles. The quantitative estimate of drug-likeness (QED) is 0.587. The normalized spacial score (nSPS) is 14.8. The van der Waals surface area contributed by atoms with Gasteiger partial charge in [-0.1, -0.05) is 26.8 Å². The van der Waals surface area contributed by atoms with Crippen molar-refractivity contribution < 1.29 is 13.2 Å². The summed E-state index contributed by atoms with van der Waals surface area (Å²) in [6.07, 6.45) is -1.37. The molecular weight excluding hydrogens is 177 g/mol. The van der Waals surface area contributed by atoms with Crippen LogP contribution in [-0.4, -0.2) is 6.18 Å². The standard InChI is InChI=1S/C10H17F3/c1-5-9(4,6-2)7-8(3)10(11,12)13/h7H,5-6H2,1-4H3/b8-7+. The summed E-state index contributed by atoms with van der Waals surface area (Å²) in [5.74, 6) is 0. The Morgan fingerprint density at radius 3 is 1.77 bits per heavy atom. The summed E-state index contributed by atoms with van der Waals surface area (Å²) in [6.45, 7) is 6.79. The Morgan fingerprint density at radius 1 is 1.15 bits per heavy atom. The topological polar surface area (TPSA) is 0 Å². The van der Waals surface area contributed by atoms with Crippen molar-refractivity contribution in [2.75, 3.05) is 0 Å². The van der Waals surface area contributed by atoms with Crippen molar-refractivity contribution in [2.24, 2.45) is 5.41 Å². The van der Waals surface area contributed by atoms with Crippen LogP contribution in [0.3, 0.4) is 0 Å². The van der Waals surface area contributed by atoms with Gasteiger partial charge < -0.3 is 0 Å². The number of allylic oxidation sites excluding steroid dienone is 2. The molecule has 0 aromatic rings. The molecule has 0 nitrogen and oxygen atoms in total. The van der Waals surface area contributed by atoms with Gasteiger partial charge in [-0.3, -0.25) is 0 Å². The van der Waals surface area contributed by atoms with Gasteiger partial charge in [-0.25, -0.2) is 0 Å². The maximum Gasteiger partial charge on any atom is 0.412 e. The van der Waals surface area contributed by atoms with E-state index in [1.807, 2.05) is 20.8 Å². The molecule has 13 heavy (non-hydrogen) atoms. The molecule has 0 N–H and O–H groups in total. The number of hydrogen-bond donors (Lipinski definition) is 0. The summed E-state index contributed by atoms with van der Waals surface area (Å²) in [6, 6.07) is 0. The number of rotatable bonds is 3. The maximum absolute atomic E-state index is 12.2. The van der Waals surface area contributed by atoms with E-state index in [9.17, 15) is 13.2 Å². The van der Waals surface area contributed by atoms with Gasteiger partial charge in [0.2, 0.25) is 0 Å². The van der Waals surface area contributed by atoms with Crippen molar-refractivity contribution in [3.63, 3.8) is 0 Å². The summed E-state index contributed by atoms with van der Waals surface area (Å²) in [5, 5.41) is 0. The minimum absolute atomic E-state index is 0.320. The predicted molar refractivity (Wildman–Crippen MR) is 48.5 cm³/mol. The van der Waals surface area contributed by atoms with E-state index in [1.54, 1.807) is 0 Å². The molecule has 0 amide bonds. The fraction of sp³-hybridized carbons (Fsp3) is 0.800. The Labute approximate surface area is 77.8 Å². The van der Waals surface area contributed by atoms with E-state index < -0.39 is 11.7 Å². The molecule has 0 spiro atoms. The Balaban J connectivity index is 4.72. The lowest BCUT2D eigenvalue weighted by atomic mass is 9.83. The fourth-order valence-electron chi connectivity index (χ4n) is 1.06. The first kappa shape index (κ1) is 12.5. The molecule has 78 valence electrons. The first-order chi connectivity index (χ1) is 5.75. The lowest BCUT2D eigenvalue weighted by molar-refractivity contribution is -0.0922. The molecule has 0 aliphatic carbocycles. The maximum atomic E-state index is 12.2. The van der Waals surface area contributed by atoms with Crippen molar-refractivity contribution in [1.82, 2.24) is 0 Å². The molecule has 0 saturated heterocycles. The predicted octanol–water partition coefficient (Wildman–Crippen LogP) is 4.32. The lowest BCUT2D eigenvalue weighted by Crippen LogP contribution is -2.16. The third-order valence-electron chi connectivity index (χ3n) is 2.63. The SMILES string of the molecule is CCC(C)(/C=C(\C)C(F)(F)F)CC. The van der Waals surface area contributed by atoms with Crippen LogP contribution >= 0.6 is 0 Å². The molecule has 0 aliphatic rings. The molecular formula is C10H17F3. The molecule has 0 fully saturated rings. The molecule has 0 heterocycles. The summed E-state index contributed by atoms with van der Waals surface area (Å²) in [7, 11) is 0. The summed E-state index contributed by atoms with van der Waals surface area (Å²) >= 11 is 0. The second kappa shape index (κ2) is 4.16. The third kappa shape index (κ3) is 3.83. The first-order valence-electron chi connectivity index (χ1n) is 4.52. The van der Waals surface area contributed by atoms with Gasteiger partial charge in [0.25, 0.3) is 0 Å². The monoisotopic (exact) mass is 194 g/mol. The van der Waals surface area contributed by atoms with Crippen LogP contribution in [0.15, 0.2) is 11.6 Å². The van der Waals surface area contributed by atoms with Gasteiger partial charge in [0.05, 0.1) is 0 Å². The average molecular weight is 194 g/mol. The highest BCUT2D eigenvalue weighted by Crippen LogP contribution is 2.33. The molecule has 0 rings (SSSR count). The molecule has 0 aromatic carbocycles. The lowest BCUT2D eigenvalue weighted by Gasteiger charge is -2.23. The zero-order valence-corrected chi connectivity index (χ0v) is 8.63. The second-order valence-electron chi connectivity index (χ2n) is 3.69. The highest BCUT2D eigenvalue weighted by molar-refractivity contribution is 5.10. The highest BCUT2D eigenvalue weighted by atomic mass is 19.4. The van der Waals surface area contributed by atoms with Gasteiger partial charge in [-0.2, -0.15) is 13.2 Å². The Bertz CT molecular complexity index is 185. The largest absolute Gasteiger partial charge is 0.412 e. The minimum atomic E-state index is -4.18. The van der Waals surface area contributed by atoms with E-state index in [0.29, 0.717) is 0 Å². The van der Waals surface area contributed by atoms with Gasteiger partial charge in [0.1, 0.15) is 0 Å². The van der Waals surface area contributed by atoms with Crippen LogP contribution < -0.4 is 0 Å². The smallest absolute Gasteiger partial charge is 0.167 e. The van der Waals surface area contributed by atoms with Crippen molar-refractivity contribution in [3.05, 3.63) is 11.6 Å². The number of alkyl halides is 3. The third-order valence-corrected chi connectivity index (χ3v) is 2.63. The van der Waals surface area contributed by atoms with Gasteiger partial charge >= 0.3 is 6.18 Å². The molecule has 3 heteroatoms. The Hall–Kier alpha value is -0.470. The van der Waals surface area contributed by atoms with E-state index in [2.05, 4.69) is 0 Å². The second-order valence-corrected chi connectivity index (χ2v) is 3.69. The first-order valence-corrected chi connectivity index (χ1v) is 4.52. The van der Waals surface area contributed by atoms with Crippen molar-refractivity contribution in [3.8, 4) is 0 Å². The van der Waals surface area contributed by atoms with Crippen LogP contribution in [-0.2, 0) is 0 Å². The Kier molecular flexibility index (Phi) is 4.01. The molecule has 0 saturated carbocycles. The number of hydrogen-bond acceptors (Lipinski definition) is 0. The van der Waals surface area contributed by atoms with E-state index in [0.717, 1.165) is 19.8 Å². The van der Waals surface area contributed by atoms with E-state index >= 15 is 0 Å². The zero-order valence-electron chi connectivity index (χ0n) is 8.63. The van der Waals surface area contributed by atoms with Crippen LogP contribution in [0.5, 0.6) is 0 Å². The molecule has 0 aliphatic heterocycles. The van der Waals surface area contributed by atoms with Gasteiger partial charge in [0.15, 0.2) is 0 Å². The van der Waals surface area contributed by atoms with Crippen molar-refractivity contribution >= 4 is 0 Å². The summed E-state index contributed by atoms with van der Waals surface area (Å²) in [4.78, 5) is 0. The van der Waals surface area contributed by atoms with Crippen LogP contribution in [0.4, 0.5) is 13.2 Å². The van der Waals surface area contributed by atoms with Crippen molar-refractivity contribution in [1.29, 1.82) is 0 Å². The van der Waals surface area contributed by atoms with Crippen LogP contribution in [0.25, 0.3) is 0 Å².